The molecule has 0 bridgehead atoms. The number of hydrogen-bond donors (Lipinski definition) is 2. The number of benzene rings is 1. The highest BCUT2D eigenvalue weighted by molar-refractivity contribution is 7.92. The number of sulfonamides is 1. The molecule has 0 fully saturated rings. The number of aromatic carboxylic acids is 1. The Morgan fingerprint density at radius 3 is 2.37 bits per heavy atom. The van der Waals surface area contributed by atoms with Gasteiger partial charge in [-0.3, -0.25) is 0 Å². The van der Waals surface area contributed by atoms with Crippen LogP contribution in [0.15, 0.2) is 33.6 Å². The van der Waals surface area contributed by atoms with Crippen LogP contribution >= 0.6 is 0 Å². The number of anilines is 1. The van der Waals surface area contributed by atoms with Crippen LogP contribution in [-0.4, -0.2) is 29.7 Å². The minimum absolute atomic E-state index is 0.00687. The fourth-order valence-electron chi connectivity index (χ4n) is 1.29. The summed E-state index contributed by atoms with van der Waals surface area (Å²) in [5, 5.41) is 15.7. The number of aryl methyl sites for hydroxylation is 1. The SMILES string of the molecule is Cc1nnc(NS(=O)(=O)c2ccc(C(=O)O)cc2)o1. The molecule has 2 aromatic rings. The van der Waals surface area contributed by atoms with Crippen molar-refractivity contribution in [1.82, 2.24) is 10.2 Å². The Morgan fingerprint density at radius 1 is 1.26 bits per heavy atom. The number of carboxylic acid groups (broad SMARTS) is 1. The number of carboxylic acids is 1. The van der Waals surface area contributed by atoms with E-state index in [1.54, 1.807) is 0 Å². The summed E-state index contributed by atoms with van der Waals surface area (Å²) >= 11 is 0. The lowest BCUT2D eigenvalue weighted by Crippen LogP contribution is -2.13. The highest BCUT2D eigenvalue weighted by Crippen LogP contribution is 2.15. The molecular formula is C10H9N3O5S. The molecular weight excluding hydrogens is 274 g/mol. The van der Waals surface area contributed by atoms with E-state index in [9.17, 15) is 13.2 Å². The van der Waals surface area contributed by atoms with E-state index in [1.807, 2.05) is 0 Å². The number of nitrogens with zero attached hydrogens (tertiary/aromatic N) is 2. The summed E-state index contributed by atoms with van der Waals surface area (Å²) in [7, 11) is -3.88. The minimum Gasteiger partial charge on any atom is -0.478 e. The molecule has 100 valence electrons. The first-order chi connectivity index (χ1) is 8.88. The van der Waals surface area contributed by atoms with Crippen LogP contribution in [-0.2, 0) is 10.0 Å². The van der Waals surface area contributed by atoms with Crippen LogP contribution in [0.1, 0.15) is 16.2 Å². The molecule has 1 aromatic carbocycles. The maximum atomic E-state index is 11.9. The zero-order valence-electron chi connectivity index (χ0n) is 9.69. The van der Waals surface area contributed by atoms with Gasteiger partial charge in [-0.2, -0.15) is 0 Å². The van der Waals surface area contributed by atoms with Crippen molar-refractivity contribution in [3.8, 4) is 0 Å². The van der Waals surface area contributed by atoms with Gasteiger partial charge in [0.2, 0.25) is 5.89 Å². The quantitative estimate of drug-likeness (QED) is 0.853. The van der Waals surface area contributed by atoms with Gasteiger partial charge in [0.05, 0.1) is 10.5 Å². The number of nitrogens with one attached hydrogen (secondary N) is 1. The summed E-state index contributed by atoms with van der Waals surface area (Å²) in [6.07, 6.45) is 0. The highest BCUT2D eigenvalue weighted by Gasteiger charge is 2.17. The standard InChI is InChI=1S/C10H9N3O5S/c1-6-11-12-10(18-6)13-19(16,17)8-4-2-7(3-5-8)9(14)15/h2-5H,1H3,(H,12,13)(H,14,15). The van der Waals surface area contributed by atoms with E-state index in [-0.39, 0.29) is 22.4 Å². The third-order valence-corrected chi connectivity index (χ3v) is 3.50. The lowest BCUT2D eigenvalue weighted by atomic mass is 10.2. The Bertz CT molecular complexity index is 705. The van der Waals surface area contributed by atoms with Crippen LogP contribution in [0, 0.1) is 6.92 Å². The molecule has 0 amide bonds. The third-order valence-electron chi connectivity index (χ3n) is 2.16. The van der Waals surface area contributed by atoms with E-state index in [0.29, 0.717) is 0 Å². The molecule has 0 aliphatic carbocycles. The fourth-order valence-corrected chi connectivity index (χ4v) is 2.21. The van der Waals surface area contributed by atoms with Gasteiger partial charge < -0.3 is 9.52 Å². The maximum absolute atomic E-state index is 11.9. The van der Waals surface area contributed by atoms with Crippen molar-refractivity contribution in [2.24, 2.45) is 0 Å². The molecule has 0 aliphatic heterocycles. The summed E-state index contributed by atoms with van der Waals surface area (Å²) < 4.78 is 30.8. The molecule has 1 heterocycles. The van der Waals surface area contributed by atoms with E-state index < -0.39 is 16.0 Å². The topological polar surface area (TPSA) is 122 Å². The van der Waals surface area contributed by atoms with Gasteiger partial charge in [0.25, 0.3) is 10.0 Å². The molecule has 0 radical (unpaired) electrons. The van der Waals surface area contributed by atoms with Crippen LogP contribution in [0.3, 0.4) is 0 Å². The number of aromatic nitrogens is 2. The monoisotopic (exact) mass is 283 g/mol. The molecule has 0 spiro atoms. The first-order valence-electron chi connectivity index (χ1n) is 5.05. The Balaban J connectivity index is 2.26. The van der Waals surface area contributed by atoms with Crippen molar-refractivity contribution < 1.29 is 22.7 Å². The van der Waals surface area contributed by atoms with Crippen molar-refractivity contribution in [3.63, 3.8) is 0 Å². The first kappa shape index (κ1) is 13.0. The lowest BCUT2D eigenvalue weighted by Gasteiger charge is -2.04. The molecule has 8 nitrogen and oxygen atoms in total. The molecule has 0 atom stereocenters. The Kier molecular flexibility index (Phi) is 3.21. The minimum atomic E-state index is -3.88. The van der Waals surface area contributed by atoms with Gasteiger partial charge in [0.1, 0.15) is 0 Å². The Hall–Kier alpha value is -2.42. The van der Waals surface area contributed by atoms with E-state index >= 15 is 0 Å². The van der Waals surface area contributed by atoms with Crippen LogP contribution in [0.4, 0.5) is 6.01 Å². The normalized spacial score (nSPS) is 11.2. The largest absolute Gasteiger partial charge is 0.478 e. The first-order valence-corrected chi connectivity index (χ1v) is 6.53. The van der Waals surface area contributed by atoms with Gasteiger partial charge in [0, 0.05) is 6.92 Å². The summed E-state index contributed by atoms with van der Waals surface area (Å²) in [6.45, 7) is 1.52. The van der Waals surface area contributed by atoms with E-state index in [0.717, 1.165) is 0 Å². The van der Waals surface area contributed by atoms with Gasteiger partial charge in [-0.25, -0.2) is 17.9 Å². The second kappa shape index (κ2) is 4.69. The lowest BCUT2D eigenvalue weighted by molar-refractivity contribution is 0.0696. The van der Waals surface area contributed by atoms with E-state index in [1.165, 1.54) is 31.2 Å². The fraction of sp³-hybridized carbons (Fsp3) is 0.100. The molecule has 19 heavy (non-hydrogen) atoms. The van der Waals surface area contributed by atoms with Crippen molar-refractivity contribution in [2.75, 3.05) is 4.72 Å². The molecule has 0 unspecified atom stereocenters. The zero-order valence-corrected chi connectivity index (χ0v) is 10.5. The zero-order chi connectivity index (χ0) is 14.0. The van der Waals surface area contributed by atoms with Crippen molar-refractivity contribution in [1.29, 1.82) is 0 Å². The summed E-state index contributed by atoms with van der Waals surface area (Å²) in [6, 6.07) is 4.48. The third kappa shape index (κ3) is 2.88. The van der Waals surface area contributed by atoms with Crippen LogP contribution in [0.5, 0.6) is 0 Å². The van der Waals surface area contributed by atoms with E-state index in [4.69, 9.17) is 9.52 Å². The van der Waals surface area contributed by atoms with E-state index in [2.05, 4.69) is 14.9 Å². The Labute approximate surface area is 108 Å². The van der Waals surface area contributed by atoms with Crippen molar-refractivity contribution in [3.05, 3.63) is 35.7 Å². The second-order valence-corrected chi connectivity index (χ2v) is 5.24. The van der Waals surface area contributed by atoms with Gasteiger partial charge in [-0.05, 0) is 24.3 Å². The molecule has 0 saturated carbocycles. The van der Waals surface area contributed by atoms with Gasteiger partial charge in [-0.1, -0.05) is 5.10 Å². The van der Waals surface area contributed by atoms with Crippen LogP contribution in [0.2, 0.25) is 0 Å². The predicted octanol–water partition coefficient (Wildman–Crippen LogP) is 0.877. The van der Waals surface area contributed by atoms with Gasteiger partial charge >= 0.3 is 12.0 Å². The molecule has 0 aliphatic rings. The number of carbonyl (C=O) groups is 1. The predicted molar refractivity (Wildman–Crippen MR) is 63.2 cm³/mol. The summed E-state index contributed by atoms with van der Waals surface area (Å²) in [4.78, 5) is 10.6. The molecule has 2 N–H and O–H groups in total. The molecule has 1 aromatic heterocycles. The van der Waals surface area contributed by atoms with Crippen LogP contribution in [0.25, 0.3) is 0 Å². The van der Waals surface area contributed by atoms with Gasteiger partial charge in [0.15, 0.2) is 0 Å². The molecule has 9 heteroatoms. The maximum Gasteiger partial charge on any atom is 0.335 e. The van der Waals surface area contributed by atoms with Crippen molar-refractivity contribution >= 4 is 22.0 Å². The summed E-state index contributed by atoms with van der Waals surface area (Å²) in [5.74, 6) is -0.914. The molecule has 2 rings (SSSR count). The second-order valence-electron chi connectivity index (χ2n) is 3.56. The Morgan fingerprint density at radius 2 is 1.89 bits per heavy atom. The average Bonchev–Trinajstić information content (AvgIpc) is 2.74. The number of rotatable bonds is 4. The highest BCUT2D eigenvalue weighted by atomic mass is 32.2. The number of hydrogen-bond acceptors (Lipinski definition) is 6. The van der Waals surface area contributed by atoms with Crippen molar-refractivity contribution in [2.45, 2.75) is 11.8 Å². The van der Waals surface area contributed by atoms with Crippen LogP contribution < -0.4 is 4.72 Å². The summed E-state index contributed by atoms with van der Waals surface area (Å²) in [5.41, 5.74) is -0.00687. The van der Waals surface area contributed by atoms with Gasteiger partial charge in [-0.15, -0.1) is 5.10 Å². The smallest absolute Gasteiger partial charge is 0.335 e. The average molecular weight is 283 g/mol. The molecule has 0 saturated heterocycles.